The Morgan fingerprint density at radius 2 is 1.59 bits per heavy atom. The fraction of sp³-hybridized carbons (Fsp3) is 0.125. The van der Waals surface area contributed by atoms with Gasteiger partial charge in [0.25, 0.3) is 11.8 Å². The van der Waals surface area contributed by atoms with Crippen LogP contribution in [0.2, 0.25) is 0 Å². The van der Waals surface area contributed by atoms with E-state index >= 15 is 0 Å². The van der Waals surface area contributed by atoms with Gasteiger partial charge in [-0.05, 0) is 60.5 Å². The van der Waals surface area contributed by atoms with Gasteiger partial charge in [0.2, 0.25) is 11.8 Å². The van der Waals surface area contributed by atoms with Gasteiger partial charge in [0.15, 0.2) is 5.58 Å². The fourth-order valence-corrected chi connectivity index (χ4v) is 4.95. The van der Waals surface area contributed by atoms with Gasteiger partial charge in [0, 0.05) is 17.7 Å². The molecule has 0 saturated carbocycles. The van der Waals surface area contributed by atoms with Crippen LogP contribution in [-0.2, 0) is 16.1 Å². The number of carbonyl (C=O) groups is 3. The van der Waals surface area contributed by atoms with Crippen LogP contribution in [0.15, 0.2) is 108 Å². The molecule has 7 heteroatoms. The van der Waals surface area contributed by atoms with E-state index in [1.807, 2.05) is 73.7 Å². The van der Waals surface area contributed by atoms with Crippen LogP contribution in [0, 0.1) is 6.92 Å². The van der Waals surface area contributed by atoms with Crippen molar-refractivity contribution in [3.8, 4) is 11.5 Å². The van der Waals surface area contributed by atoms with E-state index in [0.717, 1.165) is 22.2 Å². The van der Waals surface area contributed by atoms with E-state index in [1.54, 1.807) is 36.4 Å². The molecule has 5 aromatic rings. The molecular weight excluding hydrogens is 490 g/mol. The van der Waals surface area contributed by atoms with Gasteiger partial charge in [-0.1, -0.05) is 60.7 Å². The molecule has 2 heterocycles. The van der Waals surface area contributed by atoms with Crippen LogP contribution in [0.1, 0.15) is 27.9 Å². The maximum absolute atomic E-state index is 13.8. The number of rotatable bonds is 6. The number of amides is 3. The first kappa shape index (κ1) is 24.3. The minimum Gasteiger partial charge on any atom is -0.436 e. The van der Waals surface area contributed by atoms with Crippen LogP contribution in [0.25, 0.3) is 22.6 Å². The number of imide groups is 1. The van der Waals surface area contributed by atoms with Crippen LogP contribution in [-0.4, -0.2) is 33.6 Å². The topological polar surface area (TPSA) is 83.7 Å². The first-order valence-corrected chi connectivity index (χ1v) is 12.7. The number of hydrogen-bond donors (Lipinski definition) is 0. The molecule has 0 bridgehead atoms. The number of nitrogens with zero attached hydrogens (tertiary/aromatic N) is 3. The molecule has 1 unspecified atom stereocenters. The van der Waals surface area contributed by atoms with Crippen LogP contribution in [0.4, 0.5) is 5.69 Å². The minimum absolute atomic E-state index is 0.0871. The normalized spacial score (nSPS) is 15.2. The molecule has 1 saturated heterocycles. The monoisotopic (exact) mass is 515 g/mol. The number of hydrogen-bond acceptors (Lipinski definition) is 5. The summed E-state index contributed by atoms with van der Waals surface area (Å²) in [4.78, 5) is 47.9. The highest BCUT2D eigenvalue weighted by atomic mass is 16.3. The third-order valence-corrected chi connectivity index (χ3v) is 7.00. The second-order valence-electron chi connectivity index (χ2n) is 9.55. The second kappa shape index (κ2) is 10.0. The Kier molecular flexibility index (Phi) is 6.25. The highest BCUT2D eigenvalue weighted by Gasteiger charge is 2.44. The summed E-state index contributed by atoms with van der Waals surface area (Å²) in [5.74, 6) is -0.600. The molecule has 1 atom stereocenters. The van der Waals surface area contributed by atoms with Gasteiger partial charge in [-0.25, -0.2) is 9.88 Å². The molecule has 0 radical (unpaired) electrons. The minimum atomic E-state index is -0.915. The molecule has 1 fully saturated rings. The van der Waals surface area contributed by atoms with Gasteiger partial charge in [-0.2, -0.15) is 0 Å². The fourth-order valence-electron chi connectivity index (χ4n) is 4.95. The van der Waals surface area contributed by atoms with E-state index in [0.29, 0.717) is 22.7 Å². The summed E-state index contributed by atoms with van der Waals surface area (Å²) in [6.07, 6.45) is -0.0871. The van der Waals surface area contributed by atoms with E-state index in [1.165, 1.54) is 9.80 Å². The first-order chi connectivity index (χ1) is 19.0. The molecule has 1 aliphatic rings. The molecule has 0 spiro atoms. The predicted octanol–water partition coefficient (Wildman–Crippen LogP) is 5.78. The first-order valence-electron chi connectivity index (χ1n) is 12.7. The lowest BCUT2D eigenvalue weighted by Gasteiger charge is -2.28. The molecule has 4 aromatic carbocycles. The average molecular weight is 516 g/mol. The van der Waals surface area contributed by atoms with Crippen molar-refractivity contribution in [1.82, 2.24) is 9.88 Å². The molecule has 192 valence electrons. The van der Waals surface area contributed by atoms with Crippen molar-refractivity contribution >= 4 is 34.5 Å². The summed E-state index contributed by atoms with van der Waals surface area (Å²) < 4.78 is 5.84. The number of fused-ring (bicyclic) bond motifs is 1. The standard InChI is InChI=1S/C32H25N3O4/c1-21-9-5-6-12-25(21)31(37)34(20-22-10-3-2-4-11-22)27-19-29(36)35(32(27)38)24-17-15-23(16-18-24)30-33-26-13-7-8-14-28(26)39-30/h2-18,27H,19-20H2,1H3. The van der Waals surface area contributed by atoms with Crippen LogP contribution < -0.4 is 4.90 Å². The van der Waals surface area contributed by atoms with E-state index in [2.05, 4.69) is 4.98 Å². The number of para-hydroxylation sites is 2. The summed E-state index contributed by atoms with van der Waals surface area (Å²) in [5, 5.41) is 0. The Bertz CT molecular complexity index is 1660. The van der Waals surface area contributed by atoms with Gasteiger partial charge < -0.3 is 9.32 Å². The average Bonchev–Trinajstić information content (AvgIpc) is 3.52. The van der Waals surface area contributed by atoms with Crippen LogP contribution in [0.3, 0.4) is 0 Å². The maximum Gasteiger partial charge on any atom is 0.257 e. The number of anilines is 1. The zero-order valence-corrected chi connectivity index (χ0v) is 21.3. The zero-order valence-electron chi connectivity index (χ0n) is 21.3. The summed E-state index contributed by atoms with van der Waals surface area (Å²) in [6, 6.07) is 30.3. The molecule has 1 aromatic heterocycles. The van der Waals surface area contributed by atoms with Crippen LogP contribution >= 0.6 is 0 Å². The van der Waals surface area contributed by atoms with Crippen molar-refractivity contribution in [2.24, 2.45) is 0 Å². The van der Waals surface area contributed by atoms with E-state index in [4.69, 9.17) is 4.42 Å². The summed E-state index contributed by atoms with van der Waals surface area (Å²) in [6.45, 7) is 2.07. The number of benzene rings is 4. The third kappa shape index (κ3) is 4.59. The summed E-state index contributed by atoms with van der Waals surface area (Å²) >= 11 is 0. The number of aromatic nitrogens is 1. The van der Waals surface area contributed by atoms with Gasteiger partial charge in [0.05, 0.1) is 12.1 Å². The smallest absolute Gasteiger partial charge is 0.257 e. The maximum atomic E-state index is 13.8. The summed E-state index contributed by atoms with van der Waals surface area (Å²) in [7, 11) is 0. The predicted molar refractivity (Wildman–Crippen MR) is 148 cm³/mol. The SMILES string of the molecule is Cc1ccccc1C(=O)N(Cc1ccccc1)C1CC(=O)N(c2ccc(-c3nc4ccccc4o3)cc2)C1=O. The van der Waals surface area contributed by atoms with Crippen molar-refractivity contribution in [2.45, 2.75) is 25.9 Å². The van der Waals surface area contributed by atoms with E-state index < -0.39 is 11.9 Å². The molecule has 3 amide bonds. The molecular formula is C32H25N3O4. The lowest BCUT2D eigenvalue weighted by atomic mass is 10.0. The second-order valence-corrected chi connectivity index (χ2v) is 9.55. The van der Waals surface area contributed by atoms with Gasteiger partial charge in [-0.3, -0.25) is 14.4 Å². The molecule has 7 nitrogen and oxygen atoms in total. The molecule has 6 rings (SSSR count). The third-order valence-electron chi connectivity index (χ3n) is 7.00. The number of aryl methyl sites for hydroxylation is 1. The highest BCUT2D eigenvalue weighted by Crippen LogP contribution is 2.31. The largest absolute Gasteiger partial charge is 0.436 e. The zero-order chi connectivity index (χ0) is 26.9. The Morgan fingerprint density at radius 1 is 0.897 bits per heavy atom. The number of carbonyl (C=O) groups excluding carboxylic acids is 3. The van der Waals surface area contributed by atoms with Crippen LogP contribution in [0.5, 0.6) is 0 Å². The number of oxazole rings is 1. The molecule has 0 N–H and O–H groups in total. The van der Waals surface area contributed by atoms with Crippen molar-refractivity contribution in [2.75, 3.05) is 4.90 Å². The Morgan fingerprint density at radius 3 is 2.33 bits per heavy atom. The Balaban J connectivity index is 1.30. The quantitative estimate of drug-likeness (QED) is 0.268. The Hall–Kier alpha value is -5.04. The molecule has 39 heavy (non-hydrogen) atoms. The van der Waals surface area contributed by atoms with E-state index in [-0.39, 0.29) is 24.8 Å². The lowest BCUT2D eigenvalue weighted by Crippen LogP contribution is -2.45. The van der Waals surface area contributed by atoms with Crippen molar-refractivity contribution < 1.29 is 18.8 Å². The van der Waals surface area contributed by atoms with Crippen molar-refractivity contribution in [3.63, 3.8) is 0 Å². The van der Waals surface area contributed by atoms with E-state index in [9.17, 15) is 14.4 Å². The van der Waals surface area contributed by atoms with Crippen molar-refractivity contribution in [1.29, 1.82) is 0 Å². The molecule has 0 aliphatic carbocycles. The van der Waals surface area contributed by atoms with Crippen molar-refractivity contribution in [3.05, 3.63) is 120 Å². The summed E-state index contributed by atoms with van der Waals surface area (Å²) in [5.41, 5.74) is 4.79. The van der Waals surface area contributed by atoms with Gasteiger partial charge in [0.1, 0.15) is 11.6 Å². The van der Waals surface area contributed by atoms with Gasteiger partial charge in [-0.15, -0.1) is 0 Å². The van der Waals surface area contributed by atoms with Gasteiger partial charge >= 0.3 is 0 Å². The lowest BCUT2D eigenvalue weighted by molar-refractivity contribution is -0.122. The Labute approximate surface area is 225 Å². The highest BCUT2D eigenvalue weighted by molar-refractivity contribution is 6.23. The molecule has 1 aliphatic heterocycles.